The summed E-state index contributed by atoms with van der Waals surface area (Å²) in [5.41, 5.74) is 3.39. The molecule has 0 unspecified atom stereocenters. The zero-order chi connectivity index (χ0) is 20.4. The maximum atomic E-state index is 12.1. The molecule has 1 saturated carbocycles. The normalized spacial score (nSPS) is 14.1. The number of Topliss-reactive ketones (excluding diaryl/α,β-unsaturated/α-hetero) is 1. The Morgan fingerprint density at radius 2 is 1.21 bits per heavy atom. The molecular formula is C23H25Cl3O2. The van der Waals surface area contributed by atoms with Crippen molar-refractivity contribution in [2.45, 2.75) is 50.3 Å². The highest BCUT2D eigenvalue weighted by Crippen LogP contribution is 2.27. The van der Waals surface area contributed by atoms with Gasteiger partial charge in [-0.05, 0) is 40.8 Å². The van der Waals surface area contributed by atoms with Gasteiger partial charge in [-0.2, -0.15) is 0 Å². The number of carbonyl (C=O) groups excluding carboxylic acids is 2. The number of carbonyl (C=O) groups is 2. The quantitative estimate of drug-likeness (QED) is 0.267. The van der Waals surface area contributed by atoms with Crippen LogP contribution in [0.4, 0.5) is 0 Å². The van der Waals surface area contributed by atoms with Crippen LogP contribution in [0.5, 0.6) is 0 Å². The molecule has 0 aromatic heterocycles. The highest BCUT2D eigenvalue weighted by Gasteiger charge is 2.17. The lowest BCUT2D eigenvalue weighted by atomic mass is 9.85. The second-order valence-electron chi connectivity index (χ2n) is 7.07. The second-order valence-corrected chi connectivity index (χ2v) is 7.94. The number of hydrogen-bond donors (Lipinski definition) is 0. The van der Waals surface area contributed by atoms with Gasteiger partial charge in [-0.25, -0.2) is 0 Å². The van der Waals surface area contributed by atoms with Gasteiger partial charge in [0.2, 0.25) is 0 Å². The van der Waals surface area contributed by atoms with E-state index in [-0.39, 0.29) is 5.78 Å². The van der Waals surface area contributed by atoms with Crippen molar-refractivity contribution in [1.82, 2.24) is 0 Å². The minimum Gasteiger partial charge on any atom is -0.294 e. The van der Waals surface area contributed by atoms with Gasteiger partial charge >= 0.3 is 0 Å². The highest BCUT2D eigenvalue weighted by atomic mass is 35.5. The maximum Gasteiger partial charge on any atom is 0.252 e. The Balaban J connectivity index is 0.000000221. The number of ketones is 1. The summed E-state index contributed by atoms with van der Waals surface area (Å²) in [5.74, 6) is 1.87. The van der Waals surface area contributed by atoms with E-state index < -0.39 is 5.24 Å². The van der Waals surface area contributed by atoms with Gasteiger partial charge in [0.1, 0.15) is 0 Å². The fraction of sp³-hybridized carbons (Fsp3) is 0.391. The average molecular weight is 440 g/mol. The minimum atomic E-state index is -0.439. The van der Waals surface area contributed by atoms with Crippen LogP contribution in [0.2, 0.25) is 0 Å². The number of hydrogen-bond acceptors (Lipinski definition) is 2. The van der Waals surface area contributed by atoms with Gasteiger partial charge in [0.05, 0.1) is 0 Å². The van der Waals surface area contributed by atoms with Crippen LogP contribution < -0.4 is 0 Å². The van der Waals surface area contributed by atoms with Crippen LogP contribution in [0.15, 0.2) is 48.5 Å². The summed E-state index contributed by atoms with van der Waals surface area (Å²) in [7, 11) is 0. The first-order chi connectivity index (χ1) is 13.5. The van der Waals surface area contributed by atoms with Crippen LogP contribution in [-0.2, 0) is 11.8 Å². The van der Waals surface area contributed by atoms with Gasteiger partial charge in [-0.1, -0.05) is 68.5 Å². The molecule has 0 N–H and O–H groups in total. The summed E-state index contributed by atoms with van der Waals surface area (Å²) < 4.78 is 0. The molecule has 0 amide bonds. The van der Waals surface area contributed by atoms with Crippen LogP contribution >= 0.6 is 34.8 Å². The van der Waals surface area contributed by atoms with E-state index >= 15 is 0 Å². The number of halogens is 3. The Morgan fingerprint density at radius 1 is 0.750 bits per heavy atom. The van der Waals surface area contributed by atoms with Crippen molar-refractivity contribution in [2.75, 3.05) is 0 Å². The van der Waals surface area contributed by atoms with Gasteiger partial charge in [-0.15, -0.1) is 23.2 Å². The van der Waals surface area contributed by atoms with Gasteiger partial charge in [-0.3, -0.25) is 9.59 Å². The third-order valence-electron chi connectivity index (χ3n) is 4.96. The van der Waals surface area contributed by atoms with E-state index in [9.17, 15) is 9.59 Å². The number of alkyl halides is 2. The summed E-state index contributed by atoms with van der Waals surface area (Å²) >= 11 is 16.5. The molecule has 0 heterocycles. The minimum absolute atomic E-state index is 0.290. The van der Waals surface area contributed by atoms with Crippen molar-refractivity contribution in [3.8, 4) is 0 Å². The summed E-state index contributed by atoms with van der Waals surface area (Å²) in [6, 6.07) is 14.6. The zero-order valence-corrected chi connectivity index (χ0v) is 18.1. The fourth-order valence-corrected chi connectivity index (χ4v) is 3.76. The Bertz CT molecular complexity index is 748. The maximum absolute atomic E-state index is 12.1. The van der Waals surface area contributed by atoms with Gasteiger partial charge in [0.25, 0.3) is 5.24 Å². The third-order valence-corrected chi connectivity index (χ3v) is 5.80. The first-order valence-electron chi connectivity index (χ1n) is 9.56. The van der Waals surface area contributed by atoms with E-state index in [4.69, 9.17) is 34.8 Å². The van der Waals surface area contributed by atoms with E-state index in [0.717, 1.165) is 23.1 Å². The molecule has 1 aliphatic rings. The van der Waals surface area contributed by atoms with E-state index in [1.807, 2.05) is 24.3 Å². The average Bonchev–Trinajstić information content (AvgIpc) is 2.75. The Labute approximate surface area is 182 Å². The second kappa shape index (κ2) is 12.3. The first-order valence-corrected chi connectivity index (χ1v) is 11.0. The van der Waals surface area contributed by atoms with Crippen LogP contribution in [0.3, 0.4) is 0 Å². The molecule has 0 aliphatic heterocycles. The smallest absolute Gasteiger partial charge is 0.252 e. The predicted octanol–water partition coefficient (Wildman–Crippen LogP) is 7.38. The standard InChI is InChI=1S/C15H19ClO.C8H6Cl2O/c16-11-13-6-8-14(9-7-13)15(17)10-12-4-2-1-3-5-12;9-5-6-1-3-7(4-2-6)8(10)11/h6-9,12H,1-5,10-11H2;1-4H,5H2. The summed E-state index contributed by atoms with van der Waals surface area (Å²) in [6.07, 6.45) is 7.11. The SMILES string of the molecule is O=C(CC1CCCCC1)c1ccc(CCl)cc1.O=C(Cl)c1ccc(CCl)cc1. The fourth-order valence-electron chi connectivity index (χ4n) is 3.28. The molecule has 1 aliphatic carbocycles. The van der Waals surface area contributed by atoms with Crippen LogP contribution in [-0.4, -0.2) is 11.0 Å². The lowest BCUT2D eigenvalue weighted by Crippen LogP contribution is -2.12. The molecule has 1 fully saturated rings. The summed E-state index contributed by atoms with van der Waals surface area (Å²) in [6.45, 7) is 0. The van der Waals surface area contributed by atoms with E-state index in [1.165, 1.54) is 32.1 Å². The van der Waals surface area contributed by atoms with Crippen molar-refractivity contribution >= 4 is 45.8 Å². The number of rotatable bonds is 6. The monoisotopic (exact) mass is 438 g/mol. The highest BCUT2D eigenvalue weighted by molar-refractivity contribution is 6.67. The van der Waals surface area contributed by atoms with Gasteiger partial charge < -0.3 is 0 Å². The molecule has 0 radical (unpaired) electrons. The van der Waals surface area contributed by atoms with Crippen molar-refractivity contribution < 1.29 is 9.59 Å². The largest absolute Gasteiger partial charge is 0.294 e. The van der Waals surface area contributed by atoms with E-state index in [0.29, 0.717) is 23.2 Å². The topological polar surface area (TPSA) is 34.1 Å². The predicted molar refractivity (Wildman–Crippen MR) is 118 cm³/mol. The Hall–Kier alpha value is -1.35. The molecule has 3 rings (SSSR count). The molecule has 2 nitrogen and oxygen atoms in total. The lowest BCUT2D eigenvalue weighted by molar-refractivity contribution is 0.0949. The van der Waals surface area contributed by atoms with E-state index in [1.54, 1.807) is 24.3 Å². The Kier molecular flexibility index (Phi) is 10.0. The molecule has 0 spiro atoms. The molecular weight excluding hydrogens is 415 g/mol. The lowest BCUT2D eigenvalue weighted by Gasteiger charge is -2.20. The Morgan fingerprint density at radius 3 is 1.64 bits per heavy atom. The third kappa shape index (κ3) is 7.58. The van der Waals surface area contributed by atoms with Crippen LogP contribution in [0.25, 0.3) is 0 Å². The van der Waals surface area contributed by atoms with Gasteiger partial charge in [0, 0.05) is 29.3 Å². The first kappa shape index (κ1) is 22.9. The van der Waals surface area contributed by atoms with Crippen LogP contribution in [0, 0.1) is 5.92 Å². The molecule has 28 heavy (non-hydrogen) atoms. The molecule has 2 aromatic rings. The molecule has 5 heteroatoms. The summed E-state index contributed by atoms with van der Waals surface area (Å²) in [4.78, 5) is 22.7. The van der Waals surface area contributed by atoms with Crippen molar-refractivity contribution in [3.63, 3.8) is 0 Å². The molecule has 0 saturated heterocycles. The van der Waals surface area contributed by atoms with Crippen molar-refractivity contribution in [2.24, 2.45) is 5.92 Å². The number of benzene rings is 2. The van der Waals surface area contributed by atoms with Crippen molar-refractivity contribution in [1.29, 1.82) is 0 Å². The van der Waals surface area contributed by atoms with Crippen molar-refractivity contribution in [3.05, 3.63) is 70.8 Å². The van der Waals surface area contributed by atoms with Crippen LogP contribution in [0.1, 0.15) is 70.4 Å². The summed E-state index contributed by atoms with van der Waals surface area (Å²) in [5, 5.41) is -0.439. The molecule has 0 atom stereocenters. The molecule has 0 bridgehead atoms. The van der Waals surface area contributed by atoms with E-state index in [2.05, 4.69) is 0 Å². The molecule has 150 valence electrons. The molecule has 2 aromatic carbocycles. The zero-order valence-electron chi connectivity index (χ0n) is 15.8. The van der Waals surface area contributed by atoms with Gasteiger partial charge in [0.15, 0.2) is 5.78 Å².